The molecular formula is C20H28N6OS. The molecule has 4 rings (SSSR count). The number of hydrogen-bond acceptors (Lipinski definition) is 6. The Balaban J connectivity index is 1.35. The van der Waals surface area contributed by atoms with Gasteiger partial charge in [0, 0.05) is 64.6 Å². The Morgan fingerprint density at radius 2 is 1.93 bits per heavy atom. The summed E-state index contributed by atoms with van der Waals surface area (Å²) < 4.78 is 5.48. The van der Waals surface area contributed by atoms with Crippen molar-refractivity contribution in [2.75, 3.05) is 69.3 Å². The molecule has 0 saturated carbocycles. The SMILES string of the molecule is CN=C(NCc1cccnc1N1CCOCC1)N1CCN(c2cccs2)CC1. The van der Waals surface area contributed by atoms with Gasteiger partial charge >= 0.3 is 0 Å². The van der Waals surface area contributed by atoms with Crippen LogP contribution in [-0.2, 0) is 11.3 Å². The van der Waals surface area contributed by atoms with Crippen molar-refractivity contribution < 1.29 is 4.74 Å². The molecule has 2 aromatic rings. The standard InChI is InChI=1S/C20H28N6OS/c1-21-20(26-9-7-24(8-10-26)18-5-3-15-28-18)23-16-17-4-2-6-22-19(17)25-11-13-27-14-12-25/h2-6,15H,7-14,16H2,1H3,(H,21,23). The number of aliphatic imine (C=N–C) groups is 1. The second-order valence-electron chi connectivity index (χ2n) is 6.91. The maximum atomic E-state index is 5.48. The minimum Gasteiger partial charge on any atom is -0.378 e. The lowest BCUT2D eigenvalue weighted by atomic mass is 10.2. The Kier molecular flexibility index (Phi) is 6.28. The first kappa shape index (κ1) is 19.0. The minimum atomic E-state index is 0.721. The number of aromatic nitrogens is 1. The van der Waals surface area contributed by atoms with Gasteiger partial charge in [0.15, 0.2) is 5.96 Å². The highest BCUT2D eigenvalue weighted by atomic mass is 32.1. The van der Waals surface area contributed by atoms with E-state index in [0.29, 0.717) is 0 Å². The van der Waals surface area contributed by atoms with Crippen molar-refractivity contribution in [2.45, 2.75) is 6.54 Å². The summed E-state index contributed by atoms with van der Waals surface area (Å²) in [5.74, 6) is 2.01. The van der Waals surface area contributed by atoms with Gasteiger partial charge < -0.3 is 24.8 Å². The first-order valence-corrected chi connectivity index (χ1v) is 10.7. The second-order valence-corrected chi connectivity index (χ2v) is 7.84. The highest BCUT2D eigenvalue weighted by Gasteiger charge is 2.21. The summed E-state index contributed by atoms with van der Waals surface area (Å²) in [7, 11) is 1.86. The molecule has 2 aliphatic heterocycles. The van der Waals surface area contributed by atoms with Crippen molar-refractivity contribution in [1.29, 1.82) is 0 Å². The van der Waals surface area contributed by atoms with Crippen LogP contribution in [0.3, 0.4) is 0 Å². The molecule has 0 radical (unpaired) electrons. The van der Waals surface area contributed by atoms with Crippen LogP contribution in [0, 0.1) is 0 Å². The van der Waals surface area contributed by atoms with Crippen LogP contribution < -0.4 is 15.1 Å². The monoisotopic (exact) mass is 400 g/mol. The van der Waals surface area contributed by atoms with E-state index in [1.54, 1.807) is 0 Å². The number of nitrogens with one attached hydrogen (secondary N) is 1. The number of guanidine groups is 1. The summed E-state index contributed by atoms with van der Waals surface area (Å²) in [6.45, 7) is 8.02. The number of hydrogen-bond donors (Lipinski definition) is 1. The van der Waals surface area contributed by atoms with E-state index >= 15 is 0 Å². The van der Waals surface area contributed by atoms with Crippen molar-refractivity contribution in [1.82, 2.24) is 15.2 Å². The zero-order chi connectivity index (χ0) is 19.2. The van der Waals surface area contributed by atoms with Crippen LogP contribution in [0.5, 0.6) is 0 Å². The summed E-state index contributed by atoms with van der Waals surface area (Å²) in [5.41, 5.74) is 1.20. The van der Waals surface area contributed by atoms with E-state index in [9.17, 15) is 0 Å². The maximum Gasteiger partial charge on any atom is 0.194 e. The number of pyridine rings is 1. The Bertz CT molecular complexity index is 767. The van der Waals surface area contributed by atoms with Crippen LogP contribution >= 0.6 is 11.3 Å². The number of thiophene rings is 1. The Hall–Kier alpha value is -2.32. The molecular weight excluding hydrogens is 372 g/mol. The fourth-order valence-electron chi connectivity index (χ4n) is 3.72. The molecule has 0 aliphatic carbocycles. The van der Waals surface area contributed by atoms with E-state index in [1.807, 2.05) is 30.6 Å². The number of piperazine rings is 1. The molecule has 2 saturated heterocycles. The average Bonchev–Trinajstić information content (AvgIpc) is 3.30. The molecule has 2 fully saturated rings. The van der Waals surface area contributed by atoms with Crippen LogP contribution in [0.1, 0.15) is 5.56 Å². The molecule has 1 N–H and O–H groups in total. The summed E-state index contributed by atoms with van der Waals surface area (Å²) in [6, 6.07) is 8.46. The van der Waals surface area contributed by atoms with Gasteiger partial charge in [-0.1, -0.05) is 6.07 Å². The Morgan fingerprint density at radius 3 is 2.64 bits per heavy atom. The van der Waals surface area contributed by atoms with Crippen molar-refractivity contribution in [3.63, 3.8) is 0 Å². The molecule has 2 aliphatic rings. The molecule has 4 heterocycles. The van der Waals surface area contributed by atoms with E-state index in [4.69, 9.17) is 4.74 Å². The summed E-state index contributed by atoms with van der Waals surface area (Å²) in [5, 5.41) is 7.04. The third-order valence-electron chi connectivity index (χ3n) is 5.22. The average molecular weight is 401 g/mol. The lowest BCUT2D eigenvalue weighted by molar-refractivity contribution is 0.122. The number of ether oxygens (including phenoxy) is 1. The molecule has 2 aromatic heterocycles. The fraction of sp³-hybridized carbons (Fsp3) is 0.500. The Morgan fingerprint density at radius 1 is 1.11 bits per heavy atom. The largest absolute Gasteiger partial charge is 0.378 e. The van der Waals surface area contributed by atoms with Gasteiger partial charge in [0.25, 0.3) is 0 Å². The lowest BCUT2D eigenvalue weighted by Crippen LogP contribution is -2.52. The van der Waals surface area contributed by atoms with Gasteiger partial charge in [-0.15, -0.1) is 11.3 Å². The number of rotatable bonds is 4. The fourth-order valence-corrected chi connectivity index (χ4v) is 4.51. The normalized spacial score (nSPS) is 18.5. The minimum absolute atomic E-state index is 0.721. The zero-order valence-corrected chi connectivity index (χ0v) is 17.2. The first-order chi connectivity index (χ1) is 13.8. The lowest BCUT2D eigenvalue weighted by Gasteiger charge is -2.37. The number of anilines is 2. The molecule has 8 heteroatoms. The van der Waals surface area contributed by atoms with E-state index < -0.39 is 0 Å². The number of morpholine rings is 1. The molecule has 0 bridgehead atoms. The highest BCUT2D eigenvalue weighted by molar-refractivity contribution is 7.14. The summed E-state index contributed by atoms with van der Waals surface area (Å²) >= 11 is 1.81. The molecule has 28 heavy (non-hydrogen) atoms. The van der Waals surface area contributed by atoms with Crippen molar-refractivity contribution in [2.24, 2.45) is 4.99 Å². The van der Waals surface area contributed by atoms with Gasteiger partial charge in [-0.3, -0.25) is 4.99 Å². The van der Waals surface area contributed by atoms with Gasteiger partial charge in [0.2, 0.25) is 0 Å². The summed E-state index contributed by atoms with van der Waals surface area (Å²) in [6.07, 6.45) is 1.87. The van der Waals surface area contributed by atoms with Crippen LogP contribution in [0.4, 0.5) is 10.8 Å². The predicted octanol–water partition coefficient (Wildman–Crippen LogP) is 1.88. The summed E-state index contributed by atoms with van der Waals surface area (Å²) in [4.78, 5) is 16.2. The van der Waals surface area contributed by atoms with Gasteiger partial charge in [-0.2, -0.15) is 0 Å². The number of nitrogens with zero attached hydrogens (tertiary/aromatic N) is 5. The van der Waals surface area contributed by atoms with Crippen LogP contribution in [0.15, 0.2) is 40.8 Å². The first-order valence-electron chi connectivity index (χ1n) is 9.86. The van der Waals surface area contributed by atoms with Gasteiger partial charge in [-0.05, 0) is 23.6 Å². The van der Waals surface area contributed by atoms with E-state index in [2.05, 4.69) is 53.6 Å². The van der Waals surface area contributed by atoms with Gasteiger partial charge in [0.1, 0.15) is 5.82 Å². The van der Waals surface area contributed by atoms with Gasteiger partial charge in [0.05, 0.1) is 18.2 Å². The van der Waals surface area contributed by atoms with E-state index in [0.717, 1.165) is 70.8 Å². The molecule has 0 spiro atoms. The molecule has 150 valence electrons. The van der Waals surface area contributed by atoms with E-state index in [1.165, 1.54) is 10.6 Å². The quantitative estimate of drug-likeness (QED) is 0.625. The molecule has 0 amide bonds. The smallest absolute Gasteiger partial charge is 0.194 e. The maximum absolute atomic E-state index is 5.48. The second kappa shape index (κ2) is 9.25. The highest BCUT2D eigenvalue weighted by Crippen LogP contribution is 2.22. The Labute approximate surface area is 170 Å². The third kappa shape index (κ3) is 4.39. The van der Waals surface area contributed by atoms with Crippen LogP contribution in [0.2, 0.25) is 0 Å². The molecule has 0 aromatic carbocycles. The van der Waals surface area contributed by atoms with Gasteiger partial charge in [-0.25, -0.2) is 4.98 Å². The van der Waals surface area contributed by atoms with E-state index in [-0.39, 0.29) is 0 Å². The van der Waals surface area contributed by atoms with Crippen LogP contribution in [-0.4, -0.2) is 75.4 Å². The molecule has 0 unspecified atom stereocenters. The van der Waals surface area contributed by atoms with Crippen molar-refractivity contribution >= 4 is 28.1 Å². The topological polar surface area (TPSA) is 56.2 Å². The van der Waals surface area contributed by atoms with Crippen LogP contribution in [0.25, 0.3) is 0 Å². The molecule has 0 atom stereocenters. The van der Waals surface area contributed by atoms with Crippen molar-refractivity contribution in [3.8, 4) is 0 Å². The third-order valence-corrected chi connectivity index (χ3v) is 6.15. The molecule has 7 nitrogen and oxygen atoms in total. The van der Waals surface area contributed by atoms with Crippen molar-refractivity contribution in [3.05, 3.63) is 41.4 Å². The zero-order valence-electron chi connectivity index (χ0n) is 16.4. The predicted molar refractivity (Wildman–Crippen MR) is 116 cm³/mol.